The molecule has 0 atom stereocenters. The van der Waals surface area contributed by atoms with Gasteiger partial charge in [-0.1, -0.05) is 30.3 Å². The zero-order valence-electron chi connectivity index (χ0n) is 8.76. The van der Waals surface area contributed by atoms with Crippen LogP contribution in [-0.2, 0) is 9.47 Å². The van der Waals surface area contributed by atoms with Crippen LogP contribution in [0.4, 0.5) is 0 Å². The number of hydrogen-bond donors (Lipinski definition) is 2. The van der Waals surface area contributed by atoms with Gasteiger partial charge in [0.05, 0.1) is 13.2 Å². The molecule has 0 aliphatic rings. The van der Waals surface area contributed by atoms with Crippen molar-refractivity contribution < 1.29 is 9.47 Å². The molecule has 0 saturated carbocycles. The lowest BCUT2D eigenvalue weighted by atomic mass is 10.2. The zero-order chi connectivity index (χ0) is 10.9. The first-order valence-electron chi connectivity index (χ1n) is 5.06. The van der Waals surface area contributed by atoms with Crippen molar-refractivity contribution >= 4 is 0 Å². The summed E-state index contributed by atoms with van der Waals surface area (Å²) in [5.41, 5.74) is 11.7. The van der Waals surface area contributed by atoms with Gasteiger partial charge in [-0.05, 0) is 0 Å². The molecule has 84 valence electrons. The van der Waals surface area contributed by atoms with Crippen molar-refractivity contribution in [3.05, 3.63) is 35.9 Å². The molecule has 0 unspecified atom stereocenters. The van der Waals surface area contributed by atoms with Crippen LogP contribution in [0.15, 0.2) is 30.3 Å². The van der Waals surface area contributed by atoms with E-state index in [-0.39, 0.29) is 6.29 Å². The highest BCUT2D eigenvalue weighted by molar-refractivity contribution is 5.15. The summed E-state index contributed by atoms with van der Waals surface area (Å²) in [6.45, 7) is 1.92. The van der Waals surface area contributed by atoms with Gasteiger partial charge in [-0.15, -0.1) is 0 Å². The molecule has 1 aromatic rings. The molecule has 0 radical (unpaired) electrons. The van der Waals surface area contributed by atoms with Crippen LogP contribution in [0.3, 0.4) is 0 Å². The van der Waals surface area contributed by atoms with Crippen molar-refractivity contribution in [2.45, 2.75) is 6.29 Å². The van der Waals surface area contributed by atoms with Crippen molar-refractivity contribution in [2.75, 3.05) is 26.3 Å². The highest BCUT2D eigenvalue weighted by Gasteiger charge is 2.10. The molecule has 0 fully saturated rings. The molecule has 4 nitrogen and oxygen atoms in total. The van der Waals surface area contributed by atoms with E-state index in [9.17, 15) is 0 Å². The van der Waals surface area contributed by atoms with Crippen LogP contribution in [-0.4, -0.2) is 26.3 Å². The molecule has 4 N–H and O–H groups in total. The molecule has 0 saturated heterocycles. The molecular formula is C11H18N2O2. The summed E-state index contributed by atoms with van der Waals surface area (Å²) in [4.78, 5) is 0. The van der Waals surface area contributed by atoms with Crippen molar-refractivity contribution in [3.8, 4) is 0 Å². The largest absolute Gasteiger partial charge is 0.347 e. The Balaban J connectivity index is 2.55. The minimum absolute atomic E-state index is 0.363. The molecule has 0 spiro atoms. The van der Waals surface area contributed by atoms with Crippen molar-refractivity contribution in [1.29, 1.82) is 0 Å². The fourth-order valence-electron chi connectivity index (χ4n) is 1.20. The molecule has 1 aromatic carbocycles. The molecule has 0 aliphatic carbocycles. The van der Waals surface area contributed by atoms with Crippen LogP contribution >= 0.6 is 0 Å². The van der Waals surface area contributed by atoms with E-state index >= 15 is 0 Å². The van der Waals surface area contributed by atoms with Crippen LogP contribution in [0.1, 0.15) is 11.9 Å². The topological polar surface area (TPSA) is 70.5 Å². The van der Waals surface area contributed by atoms with Gasteiger partial charge in [-0.25, -0.2) is 0 Å². The summed E-state index contributed by atoms with van der Waals surface area (Å²) in [6, 6.07) is 9.75. The van der Waals surface area contributed by atoms with E-state index in [0.29, 0.717) is 26.3 Å². The van der Waals surface area contributed by atoms with E-state index in [0.717, 1.165) is 5.56 Å². The van der Waals surface area contributed by atoms with Crippen LogP contribution in [0.5, 0.6) is 0 Å². The lowest BCUT2D eigenvalue weighted by Gasteiger charge is -2.18. The molecule has 0 aliphatic heterocycles. The van der Waals surface area contributed by atoms with E-state index < -0.39 is 0 Å². The fraction of sp³-hybridized carbons (Fsp3) is 0.455. The maximum atomic E-state index is 5.48. The number of benzene rings is 1. The Morgan fingerprint density at radius 2 is 1.47 bits per heavy atom. The average molecular weight is 210 g/mol. The summed E-state index contributed by atoms with van der Waals surface area (Å²) in [6.07, 6.45) is -0.363. The van der Waals surface area contributed by atoms with Gasteiger partial charge in [-0.2, -0.15) is 0 Å². The minimum atomic E-state index is -0.363. The second-order valence-electron chi connectivity index (χ2n) is 3.06. The predicted molar refractivity (Wildman–Crippen MR) is 59.2 cm³/mol. The van der Waals surface area contributed by atoms with E-state index in [1.165, 1.54) is 0 Å². The van der Waals surface area contributed by atoms with E-state index in [1.54, 1.807) is 0 Å². The Hall–Kier alpha value is -0.940. The first kappa shape index (κ1) is 12.1. The monoisotopic (exact) mass is 210 g/mol. The highest BCUT2D eigenvalue weighted by Crippen LogP contribution is 2.17. The number of nitrogens with two attached hydrogens (primary N) is 2. The molecule has 1 rings (SSSR count). The smallest absolute Gasteiger partial charge is 0.183 e. The first-order chi connectivity index (χ1) is 7.38. The van der Waals surface area contributed by atoms with E-state index in [1.807, 2.05) is 30.3 Å². The molecular weight excluding hydrogens is 192 g/mol. The average Bonchev–Trinajstić information content (AvgIpc) is 2.30. The van der Waals surface area contributed by atoms with Gasteiger partial charge >= 0.3 is 0 Å². The molecule has 4 heteroatoms. The second-order valence-corrected chi connectivity index (χ2v) is 3.06. The van der Waals surface area contributed by atoms with Crippen molar-refractivity contribution in [1.82, 2.24) is 0 Å². The highest BCUT2D eigenvalue weighted by atomic mass is 16.7. The maximum Gasteiger partial charge on any atom is 0.183 e. The SMILES string of the molecule is NCCOC(OCCN)c1ccccc1. The summed E-state index contributed by atoms with van der Waals surface area (Å²) in [5, 5.41) is 0. The number of hydrogen-bond acceptors (Lipinski definition) is 4. The van der Waals surface area contributed by atoms with Crippen LogP contribution < -0.4 is 11.5 Å². The number of rotatable bonds is 7. The Bertz CT molecular complexity index is 246. The van der Waals surface area contributed by atoms with Crippen LogP contribution in [0.2, 0.25) is 0 Å². The van der Waals surface area contributed by atoms with Gasteiger partial charge in [0.1, 0.15) is 0 Å². The quantitative estimate of drug-likeness (QED) is 0.648. The minimum Gasteiger partial charge on any atom is -0.347 e. The van der Waals surface area contributed by atoms with Crippen LogP contribution in [0.25, 0.3) is 0 Å². The van der Waals surface area contributed by atoms with E-state index in [2.05, 4.69) is 0 Å². The normalized spacial score (nSPS) is 10.9. The van der Waals surface area contributed by atoms with E-state index in [4.69, 9.17) is 20.9 Å². The zero-order valence-corrected chi connectivity index (χ0v) is 8.76. The van der Waals surface area contributed by atoms with Crippen LogP contribution in [0, 0.1) is 0 Å². The fourth-order valence-corrected chi connectivity index (χ4v) is 1.20. The summed E-state index contributed by atoms with van der Waals surface area (Å²) in [5.74, 6) is 0. The first-order valence-corrected chi connectivity index (χ1v) is 5.06. The summed E-state index contributed by atoms with van der Waals surface area (Å²) >= 11 is 0. The number of ether oxygens (including phenoxy) is 2. The molecule has 0 amide bonds. The molecule has 0 bridgehead atoms. The van der Waals surface area contributed by atoms with Crippen molar-refractivity contribution in [3.63, 3.8) is 0 Å². The third-order valence-electron chi connectivity index (χ3n) is 1.85. The molecule has 0 aromatic heterocycles. The summed E-state index contributed by atoms with van der Waals surface area (Å²) < 4.78 is 11.0. The lowest BCUT2D eigenvalue weighted by Crippen LogP contribution is -2.18. The maximum absolute atomic E-state index is 5.48. The lowest BCUT2D eigenvalue weighted by molar-refractivity contribution is -0.142. The Morgan fingerprint density at radius 1 is 0.933 bits per heavy atom. The summed E-state index contributed by atoms with van der Waals surface area (Å²) in [7, 11) is 0. The molecule has 15 heavy (non-hydrogen) atoms. The predicted octanol–water partition coefficient (Wildman–Crippen LogP) is 0.636. The second kappa shape index (κ2) is 7.36. The standard InChI is InChI=1S/C11H18N2O2/c12-6-8-14-11(15-9-7-13)10-4-2-1-3-5-10/h1-5,11H,6-9,12-13H2. The molecule has 0 heterocycles. The van der Waals surface area contributed by atoms with Gasteiger partial charge in [0.2, 0.25) is 0 Å². The van der Waals surface area contributed by atoms with Gasteiger partial charge in [0.25, 0.3) is 0 Å². The van der Waals surface area contributed by atoms with Gasteiger partial charge < -0.3 is 20.9 Å². The van der Waals surface area contributed by atoms with Gasteiger partial charge in [0.15, 0.2) is 6.29 Å². The van der Waals surface area contributed by atoms with Gasteiger partial charge in [0, 0.05) is 18.7 Å². The Morgan fingerprint density at radius 3 is 1.93 bits per heavy atom. The Labute approximate surface area is 90.2 Å². The third kappa shape index (κ3) is 4.40. The Kier molecular flexibility index (Phi) is 5.96. The van der Waals surface area contributed by atoms with Gasteiger partial charge in [-0.3, -0.25) is 0 Å². The third-order valence-corrected chi connectivity index (χ3v) is 1.85. The van der Waals surface area contributed by atoms with Crippen molar-refractivity contribution in [2.24, 2.45) is 11.5 Å².